The molecule has 1 aliphatic heterocycles. The van der Waals surface area contributed by atoms with E-state index in [0.717, 1.165) is 28.0 Å². The second-order valence-corrected chi connectivity index (χ2v) is 9.45. The Morgan fingerprint density at radius 3 is 2.60 bits per heavy atom. The van der Waals surface area contributed by atoms with Crippen molar-refractivity contribution >= 4 is 11.4 Å². The summed E-state index contributed by atoms with van der Waals surface area (Å²) in [5.41, 5.74) is 5.95. The molecule has 0 saturated heterocycles. The Bertz CT molecular complexity index is 1750. The predicted octanol–water partition coefficient (Wildman–Crippen LogP) is 5.38. The minimum absolute atomic E-state index is 0.0754. The van der Waals surface area contributed by atoms with Gasteiger partial charge in [0.05, 0.1) is 25.5 Å². The quantitative estimate of drug-likeness (QED) is 0.213. The van der Waals surface area contributed by atoms with Crippen LogP contribution in [0.25, 0.3) is 5.65 Å². The third-order valence-corrected chi connectivity index (χ3v) is 6.84. The normalized spacial score (nSPS) is 14.3. The fraction of sp³-hybridized carbons (Fsp3) is 0.200. The molecule has 1 N–H and O–H groups in total. The second kappa shape index (κ2) is 10.2. The fourth-order valence-electron chi connectivity index (χ4n) is 4.82. The number of hydrogen-bond donors (Lipinski definition) is 1. The fourth-order valence-corrected chi connectivity index (χ4v) is 4.82. The number of nitrogens with zero attached hydrogens (tertiary/aromatic N) is 5. The third-order valence-electron chi connectivity index (χ3n) is 6.84. The van der Waals surface area contributed by atoms with E-state index >= 15 is 0 Å². The Morgan fingerprint density at radius 2 is 1.82 bits per heavy atom. The molecular weight excluding hydrogens is 510 g/mol. The van der Waals surface area contributed by atoms with Crippen LogP contribution in [-0.2, 0) is 11.4 Å². The van der Waals surface area contributed by atoms with Crippen LogP contribution < -0.4 is 14.2 Å². The topological polar surface area (TPSA) is 113 Å². The van der Waals surface area contributed by atoms with Crippen molar-refractivity contribution in [3.05, 3.63) is 101 Å². The molecule has 0 saturated carbocycles. The van der Waals surface area contributed by atoms with Crippen LogP contribution in [0, 0.1) is 6.92 Å². The Balaban J connectivity index is 1.39. The first kappa shape index (κ1) is 25.2. The van der Waals surface area contributed by atoms with Gasteiger partial charge >= 0.3 is 0 Å². The van der Waals surface area contributed by atoms with E-state index in [1.165, 1.54) is 5.56 Å². The maximum absolute atomic E-state index is 10.1. The third kappa shape index (κ3) is 4.53. The van der Waals surface area contributed by atoms with E-state index in [1.807, 2.05) is 62.4 Å². The lowest BCUT2D eigenvalue weighted by Gasteiger charge is -2.28. The number of phenolic OH excluding ortho intramolecular Hbond substituents is 1. The molecule has 0 spiro atoms. The van der Waals surface area contributed by atoms with Gasteiger partial charge in [-0.05, 0) is 43.2 Å². The number of methoxy groups -OCH3 is 2. The molecule has 0 fully saturated rings. The van der Waals surface area contributed by atoms with Crippen LogP contribution in [0.3, 0.4) is 0 Å². The highest BCUT2D eigenvalue weighted by Crippen LogP contribution is 2.49. The van der Waals surface area contributed by atoms with Gasteiger partial charge in [-0.3, -0.25) is 0 Å². The molecule has 1 atom stereocenters. The summed E-state index contributed by atoms with van der Waals surface area (Å²) in [6, 6.07) is 18.9. The average Bonchev–Trinajstić information content (AvgIpc) is 3.39. The highest BCUT2D eigenvalue weighted by molar-refractivity contribution is 5.98. The molecule has 1 unspecified atom stereocenters. The molecule has 10 nitrogen and oxygen atoms in total. The Labute approximate surface area is 230 Å². The summed E-state index contributed by atoms with van der Waals surface area (Å²) >= 11 is 0. The van der Waals surface area contributed by atoms with E-state index < -0.39 is 0 Å². The molecule has 3 heterocycles. The van der Waals surface area contributed by atoms with Crippen molar-refractivity contribution in [1.29, 1.82) is 0 Å². The first-order chi connectivity index (χ1) is 19.4. The van der Waals surface area contributed by atoms with Crippen molar-refractivity contribution in [1.82, 2.24) is 19.6 Å². The van der Waals surface area contributed by atoms with E-state index in [4.69, 9.17) is 24.0 Å². The van der Waals surface area contributed by atoms with E-state index in [9.17, 15) is 5.11 Å². The molecule has 5 aromatic rings. The van der Waals surface area contributed by atoms with Gasteiger partial charge in [0, 0.05) is 17.5 Å². The average molecular weight is 538 g/mol. The number of oxime groups is 1. The Kier molecular flexibility index (Phi) is 6.43. The zero-order chi connectivity index (χ0) is 27.8. The number of aryl methyl sites for hydroxylation is 1. The van der Waals surface area contributed by atoms with Crippen molar-refractivity contribution in [2.24, 2.45) is 5.16 Å². The van der Waals surface area contributed by atoms with E-state index in [0.29, 0.717) is 34.6 Å². The monoisotopic (exact) mass is 537 g/mol. The molecule has 0 aliphatic carbocycles. The summed E-state index contributed by atoms with van der Waals surface area (Å²) < 4.78 is 18.8. The Hall–Kier alpha value is -5.12. The van der Waals surface area contributed by atoms with Gasteiger partial charge in [-0.1, -0.05) is 47.1 Å². The van der Waals surface area contributed by atoms with Crippen LogP contribution >= 0.6 is 0 Å². The van der Waals surface area contributed by atoms with Gasteiger partial charge in [-0.2, -0.15) is 0 Å². The van der Waals surface area contributed by atoms with Crippen molar-refractivity contribution in [2.45, 2.75) is 26.4 Å². The molecule has 6 rings (SSSR count). The summed E-state index contributed by atoms with van der Waals surface area (Å²) in [6.07, 6.45) is 1.55. The minimum Gasteiger partial charge on any atom is -0.508 e. The molecule has 10 heteroatoms. The largest absolute Gasteiger partial charge is 0.508 e. The molecule has 3 aromatic carbocycles. The highest BCUT2D eigenvalue weighted by Gasteiger charge is 2.34. The molecule has 2 aromatic heterocycles. The number of ether oxygens (including phenoxy) is 3. The summed E-state index contributed by atoms with van der Waals surface area (Å²) in [5, 5.41) is 19.0. The minimum atomic E-state index is -0.338. The van der Waals surface area contributed by atoms with Crippen LogP contribution in [0.5, 0.6) is 28.9 Å². The van der Waals surface area contributed by atoms with Gasteiger partial charge in [0.15, 0.2) is 29.6 Å². The van der Waals surface area contributed by atoms with Crippen molar-refractivity contribution in [2.75, 3.05) is 14.2 Å². The first-order valence-corrected chi connectivity index (χ1v) is 12.7. The van der Waals surface area contributed by atoms with E-state index in [2.05, 4.69) is 15.2 Å². The van der Waals surface area contributed by atoms with Gasteiger partial charge in [0.25, 0.3) is 0 Å². The molecule has 202 valence electrons. The maximum Gasteiger partial charge on any atom is 0.228 e. The number of hydrogen-bond acceptors (Lipinski definition) is 9. The molecule has 40 heavy (non-hydrogen) atoms. The van der Waals surface area contributed by atoms with Gasteiger partial charge < -0.3 is 24.2 Å². The first-order valence-electron chi connectivity index (χ1n) is 12.7. The standard InChI is InChI=1S/C30H27N5O5/c1-17-5-7-19(8-6-17)18(2)34-39-15-26-32-29-28-27(20-9-12-23(37-3)25(13-20)38-4)22-11-10-21(36)14-24(22)40-30(28)31-16-35(29)33-26/h5-14,16,27,36H,15H2,1-4H3/b34-18+. The number of aromatic hydroxyl groups is 1. The van der Waals surface area contributed by atoms with E-state index in [-0.39, 0.29) is 18.3 Å². The van der Waals surface area contributed by atoms with Crippen LogP contribution in [0.15, 0.2) is 72.1 Å². The number of aromatic nitrogens is 4. The maximum atomic E-state index is 10.1. The smallest absolute Gasteiger partial charge is 0.228 e. The zero-order valence-electron chi connectivity index (χ0n) is 22.5. The molecule has 1 aliphatic rings. The number of phenols is 1. The summed E-state index contributed by atoms with van der Waals surface area (Å²) in [5.74, 6) is 2.28. The number of fused-ring (bicyclic) bond motifs is 4. The molecule has 0 bridgehead atoms. The SMILES string of the molecule is COc1ccc(C2c3ccc(O)cc3Oc3ncn4nc(CO/N=C(\C)c5ccc(C)cc5)nc4c32)cc1OC. The summed E-state index contributed by atoms with van der Waals surface area (Å²) in [6.45, 7) is 4.01. The van der Waals surface area contributed by atoms with Gasteiger partial charge in [0.2, 0.25) is 5.88 Å². The van der Waals surface area contributed by atoms with Crippen molar-refractivity contribution < 1.29 is 24.2 Å². The second-order valence-electron chi connectivity index (χ2n) is 9.45. The van der Waals surface area contributed by atoms with Gasteiger partial charge in [-0.25, -0.2) is 14.5 Å². The van der Waals surface area contributed by atoms with Crippen LogP contribution in [0.4, 0.5) is 0 Å². The van der Waals surface area contributed by atoms with Crippen LogP contribution in [-0.4, -0.2) is 44.6 Å². The van der Waals surface area contributed by atoms with Gasteiger partial charge in [0.1, 0.15) is 17.8 Å². The molecule has 0 amide bonds. The lowest BCUT2D eigenvalue weighted by Crippen LogP contribution is -2.15. The summed E-state index contributed by atoms with van der Waals surface area (Å²) in [4.78, 5) is 14.9. The van der Waals surface area contributed by atoms with Crippen LogP contribution in [0.1, 0.15) is 46.5 Å². The predicted molar refractivity (Wildman–Crippen MR) is 148 cm³/mol. The van der Waals surface area contributed by atoms with Crippen molar-refractivity contribution in [3.8, 4) is 28.9 Å². The molecule has 0 radical (unpaired) electrons. The lowest BCUT2D eigenvalue weighted by molar-refractivity contribution is 0.125. The summed E-state index contributed by atoms with van der Waals surface area (Å²) in [7, 11) is 3.19. The lowest BCUT2D eigenvalue weighted by atomic mass is 9.83. The van der Waals surface area contributed by atoms with Crippen LogP contribution in [0.2, 0.25) is 0 Å². The van der Waals surface area contributed by atoms with Gasteiger partial charge in [-0.15, -0.1) is 5.10 Å². The van der Waals surface area contributed by atoms with E-state index in [1.54, 1.807) is 37.2 Å². The number of rotatable bonds is 7. The molecular formula is C30H27N5O5. The highest BCUT2D eigenvalue weighted by atomic mass is 16.6. The number of benzene rings is 3. The van der Waals surface area contributed by atoms with Crippen molar-refractivity contribution in [3.63, 3.8) is 0 Å². The Morgan fingerprint density at radius 1 is 1.02 bits per heavy atom. The zero-order valence-corrected chi connectivity index (χ0v) is 22.5.